The molecule has 7 heteroatoms. The van der Waals surface area contributed by atoms with Crippen molar-refractivity contribution in [3.8, 4) is 0 Å². The lowest BCUT2D eigenvalue weighted by Gasteiger charge is -2.07. The molecule has 0 aliphatic rings. The van der Waals surface area contributed by atoms with E-state index in [1.807, 2.05) is 0 Å². The van der Waals surface area contributed by atoms with Crippen LogP contribution in [0.15, 0.2) is 24.4 Å². The van der Waals surface area contributed by atoms with E-state index in [2.05, 4.69) is 10.4 Å². The lowest BCUT2D eigenvalue weighted by atomic mass is 10.2. The number of carboxylic acids is 1. The summed E-state index contributed by atoms with van der Waals surface area (Å²) in [6.07, 6.45) is 1.25. The maximum Gasteiger partial charge on any atom is 0.339 e. The zero-order valence-corrected chi connectivity index (χ0v) is 10.7. The van der Waals surface area contributed by atoms with Crippen molar-refractivity contribution in [2.75, 3.05) is 0 Å². The first-order chi connectivity index (χ1) is 9.49. The molecule has 5 nitrogen and oxygen atoms in total. The third-order valence-electron chi connectivity index (χ3n) is 2.91. The number of aromatic carboxylic acids is 1. The molecule has 2 aromatic rings. The van der Waals surface area contributed by atoms with Crippen molar-refractivity contribution in [2.45, 2.75) is 13.1 Å². The summed E-state index contributed by atoms with van der Waals surface area (Å²) in [4.78, 5) is 11.0. The molecule has 0 aliphatic heterocycles. The molecule has 1 heterocycles. The predicted octanol–water partition coefficient (Wildman–Crippen LogP) is 1.69. The van der Waals surface area contributed by atoms with Crippen LogP contribution in [-0.4, -0.2) is 20.9 Å². The number of hydrogen-bond donors (Lipinski definition) is 2. The number of aryl methyl sites for hydroxylation is 1. The minimum atomic E-state index is -1.08. The van der Waals surface area contributed by atoms with Crippen molar-refractivity contribution in [3.05, 3.63) is 52.9 Å². The number of carbonyl (C=O) groups is 1. The van der Waals surface area contributed by atoms with E-state index >= 15 is 0 Å². The van der Waals surface area contributed by atoms with Crippen LogP contribution in [0.2, 0.25) is 0 Å². The molecule has 0 radical (unpaired) electrons. The highest BCUT2D eigenvalue weighted by Gasteiger charge is 2.14. The van der Waals surface area contributed by atoms with E-state index in [0.717, 1.165) is 18.2 Å². The fourth-order valence-electron chi connectivity index (χ4n) is 1.85. The molecule has 106 valence electrons. The SMILES string of the molecule is Cn1ncc(C(=O)O)c1CNCc1cc(F)ccc1F. The van der Waals surface area contributed by atoms with Gasteiger partial charge in [-0.2, -0.15) is 5.10 Å². The van der Waals surface area contributed by atoms with E-state index in [0.29, 0.717) is 5.69 Å². The standard InChI is InChI=1S/C13H13F2N3O2/c1-18-12(10(6-17-18)13(19)20)7-16-5-8-4-9(14)2-3-11(8)15/h2-4,6,16H,5,7H2,1H3,(H,19,20). The molecule has 20 heavy (non-hydrogen) atoms. The minimum absolute atomic E-state index is 0.0831. The van der Waals surface area contributed by atoms with Gasteiger partial charge >= 0.3 is 5.97 Å². The number of nitrogens with zero attached hydrogens (tertiary/aromatic N) is 2. The number of rotatable bonds is 5. The van der Waals surface area contributed by atoms with Crippen LogP contribution < -0.4 is 5.32 Å². The molecule has 1 aromatic carbocycles. The number of carboxylic acid groups (broad SMARTS) is 1. The molecule has 0 bridgehead atoms. The predicted molar refractivity (Wildman–Crippen MR) is 67.1 cm³/mol. The van der Waals surface area contributed by atoms with Gasteiger partial charge in [-0.3, -0.25) is 4.68 Å². The van der Waals surface area contributed by atoms with Crippen LogP contribution in [0.1, 0.15) is 21.6 Å². The molecular formula is C13H13F2N3O2. The molecule has 2 N–H and O–H groups in total. The third kappa shape index (κ3) is 3.00. The van der Waals surface area contributed by atoms with E-state index in [1.165, 1.54) is 10.9 Å². The van der Waals surface area contributed by atoms with Gasteiger partial charge in [-0.1, -0.05) is 0 Å². The van der Waals surface area contributed by atoms with Gasteiger partial charge in [0.25, 0.3) is 0 Å². The Hall–Kier alpha value is -2.28. The van der Waals surface area contributed by atoms with E-state index < -0.39 is 17.6 Å². The smallest absolute Gasteiger partial charge is 0.339 e. The lowest BCUT2D eigenvalue weighted by molar-refractivity contribution is 0.0695. The molecule has 0 aliphatic carbocycles. The normalized spacial score (nSPS) is 10.8. The van der Waals surface area contributed by atoms with Crippen LogP contribution in [0, 0.1) is 11.6 Å². The fraction of sp³-hybridized carbons (Fsp3) is 0.231. The van der Waals surface area contributed by atoms with Gasteiger partial charge in [0.1, 0.15) is 17.2 Å². The van der Waals surface area contributed by atoms with Crippen molar-refractivity contribution in [1.82, 2.24) is 15.1 Å². The van der Waals surface area contributed by atoms with Crippen LogP contribution in [0.5, 0.6) is 0 Å². The van der Waals surface area contributed by atoms with E-state index in [4.69, 9.17) is 5.11 Å². The summed E-state index contributed by atoms with van der Waals surface area (Å²) in [7, 11) is 1.62. The Balaban J connectivity index is 2.05. The molecule has 0 saturated heterocycles. The van der Waals surface area contributed by atoms with Gasteiger partial charge in [-0.25, -0.2) is 13.6 Å². The van der Waals surface area contributed by atoms with Gasteiger partial charge in [-0.05, 0) is 18.2 Å². The van der Waals surface area contributed by atoms with Crippen molar-refractivity contribution in [2.24, 2.45) is 7.05 Å². The van der Waals surface area contributed by atoms with Crippen molar-refractivity contribution >= 4 is 5.97 Å². The topological polar surface area (TPSA) is 67.2 Å². The van der Waals surface area contributed by atoms with Crippen molar-refractivity contribution in [3.63, 3.8) is 0 Å². The second-order valence-electron chi connectivity index (χ2n) is 4.27. The first kappa shape index (κ1) is 14.1. The molecule has 0 saturated carbocycles. The van der Waals surface area contributed by atoms with Crippen LogP contribution in [0.4, 0.5) is 8.78 Å². The summed E-state index contributed by atoms with van der Waals surface area (Å²) in [5.41, 5.74) is 0.734. The van der Waals surface area contributed by atoms with Crippen LogP contribution in [-0.2, 0) is 20.1 Å². The summed E-state index contributed by atoms with van der Waals surface area (Å²) in [6.45, 7) is 0.280. The van der Waals surface area contributed by atoms with Crippen molar-refractivity contribution < 1.29 is 18.7 Å². The summed E-state index contributed by atoms with van der Waals surface area (Å²) in [5.74, 6) is -2.11. The average Bonchev–Trinajstić information content (AvgIpc) is 2.75. The summed E-state index contributed by atoms with van der Waals surface area (Å²) < 4.78 is 27.8. The number of hydrogen-bond acceptors (Lipinski definition) is 3. The zero-order chi connectivity index (χ0) is 14.7. The van der Waals surface area contributed by atoms with Crippen molar-refractivity contribution in [1.29, 1.82) is 0 Å². The van der Waals surface area contributed by atoms with E-state index in [9.17, 15) is 13.6 Å². The molecule has 0 spiro atoms. The molecule has 1 aromatic heterocycles. The molecular weight excluding hydrogens is 268 g/mol. The van der Waals surface area contributed by atoms with Gasteiger partial charge in [0.15, 0.2) is 0 Å². The second-order valence-corrected chi connectivity index (χ2v) is 4.27. The Kier molecular flexibility index (Phi) is 4.09. The summed E-state index contributed by atoms with van der Waals surface area (Å²) in [6, 6.07) is 3.20. The van der Waals surface area contributed by atoms with E-state index in [1.54, 1.807) is 7.05 Å². The molecule has 0 atom stereocenters. The Labute approximate surface area is 113 Å². The van der Waals surface area contributed by atoms with Gasteiger partial charge in [0, 0.05) is 25.7 Å². The summed E-state index contributed by atoms with van der Waals surface area (Å²) >= 11 is 0. The highest BCUT2D eigenvalue weighted by Crippen LogP contribution is 2.11. The maximum atomic E-state index is 13.4. The second kappa shape index (κ2) is 5.79. The first-order valence-electron chi connectivity index (χ1n) is 5.88. The highest BCUT2D eigenvalue weighted by atomic mass is 19.1. The Morgan fingerprint density at radius 2 is 2.15 bits per heavy atom. The van der Waals surface area contributed by atoms with Gasteiger partial charge in [0.2, 0.25) is 0 Å². The number of halogens is 2. The van der Waals surface area contributed by atoms with Crippen LogP contribution in [0.25, 0.3) is 0 Å². The minimum Gasteiger partial charge on any atom is -0.478 e. The largest absolute Gasteiger partial charge is 0.478 e. The number of aromatic nitrogens is 2. The molecule has 0 fully saturated rings. The Morgan fingerprint density at radius 3 is 2.85 bits per heavy atom. The zero-order valence-electron chi connectivity index (χ0n) is 10.7. The van der Waals surface area contributed by atoms with E-state index in [-0.39, 0.29) is 24.2 Å². The Morgan fingerprint density at radius 1 is 1.40 bits per heavy atom. The fourth-order valence-corrected chi connectivity index (χ4v) is 1.85. The average molecular weight is 281 g/mol. The summed E-state index contributed by atoms with van der Waals surface area (Å²) in [5, 5.41) is 15.7. The molecule has 2 rings (SSSR count). The van der Waals surface area contributed by atoms with Gasteiger partial charge in [0.05, 0.1) is 11.9 Å². The van der Waals surface area contributed by atoms with Crippen LogP contribution >= 0.6 is 0 Å². The quantitative estimate of drug-likeness (QED) is 0.875. The maximum absolute atomic E-state index is 13.4. The monoisotopic (exact) mass is 281 g/mol. The Bertz CT molecular complexity index is 641. The number of benzene rings is 1. The van der Waals surface area contributed by atoms with Crippen LogP contribution in [0.3, 0.4) is 0 Å². The lowest BCUT2D eigenvalue weighted by Crippen LogP contribution is -2.18. The molecule has 0 unspecified atom stereocenters. The third-order valence-corrected chi connectivity index (χ3v) is 2.91. The van der Waals surface area contributed by atoms with Gasteiger partial charge in [-0.15, -0.1) is 0 Å². The first-order valence-corrected chi connectivity index (χ1v) is 5.88. The highest BCUT2D eigenvalue weighted by molar-refractivity contribution is 5.88. The molecule has 0 amide bonds. The van der Waals surface area contributed by atoms with Gasteiger partial charge < -0.3 is 10.4 Å². The number of nitrogens with one attached hydrogen (secondary N) is 1.